The van der Waals surface area contributed by atoms with E-state index in [1.165, 1.54) is 12.8 Å². The van der Waals surface area contributed by atoms with E-state index >= 15 is 0 Å². The lowest BCUT2D eigenvalue weighted by Crippen LogP contribution is -2.39. The maximum absolute atomic E-state index is 6.34. The third kappa shape index (κ3) is 3.27. The Bertz CT molecular complexity index is 403. The van der Waals surface area contributed by atoms with E-state index in [2.05, 4.69) is 33.8 Å². The third-order valence-corrected chi connectivity index (χ3v) is 4.62. The fourth-order valence-corrected chi connectivity index (χ4v) is 3.38. The Morgan fingerprint density at radius 3 is 2.67 bits per heavy atom. The van der Waals surface area contributed by atoms with Gasteiger partial charge in [-0.2, -0.15) is 0 Å². The van der Waals surface area contributed by atoms with Crippen molar-refractivity contribution < 1.29 is 0 Å². The molecule has 1 atom stereocenters. The van der Waals surface area contributed by atoms with E-state index in [1.807, 2.05) is 12.1 Å². The zero-order valence-corrected chi connectivity index (χ0v) is 13.0. The molecule has 1 heterocycles. The van der Waals surface area contributed by atoms with Crippen molar-refractivity contribution in [3.8, 4) is 0 Å². The first kappa shape index (κ1) is 14.3. The lowest BCUT2D eigenvalue weighted by molar-refractivity contribution is 0.141. The summed E-state index contributed by atoms with van der Waals surface area (Å²) in [5, 5.41) is 0.804. The van der Waals surface area contributed by atoms with E-state index < -0.39 is 0 Å². The van der Waals surface area contributed by atoms with Gasteiger partial charge in [-0.3, -0.25) is 4.90 Å². The van der Waals surface area contributed by atoms with Gasteiger partial charge in [0.05, 0.1) is 0 Å². The minimum atomic E-state index is 0.248. The van der Waals surface area contributed by atoms with Crippen LogP contribution in [-0.4, -0.2) is 24.5 Å². The number of halogens is 2. The van der Waals surface area contributed by atoms with Gasteiger partial charge in [-0.1, -0.05) is 40.5 Å². The predicted molar refractivity (Wildman–Crippen MR) is 80.9 cm³/mol. The lowest BCUT2D eigenvalue weighted by Gasteiger charge is -2.36. The molecule has 4 heteroatoms. The highest BCUT2D eigenvalue weighted by Gasteiger charge is 2.24. The van der Waals surface area contributed by atoms with Crippen LogP contribution >= 0.6 is 27.5 Å². The molecule has 2 N–H and O–H groups in total. The van der Waals surface area contributed by atoms with Crippen molar-refractivity contribution in [2.75, 3.05) is 19.6 Å². The molecule has 0 radical (unpaired) electrons. The summed E-state index contributed by atoms with van der Waals surface area (Å²) in [5.41, 5.74) is 7.12. The smallest absolute Gasteiger partial charge is 0.0485 e. The van der Waals surface area contributed by atoms with Crippen molar-refractivity contribution in [3.05, 3.63) is 33.3 Å². The van der Waals surface area contributed by atoms with Crippen molar-refractivity contribution in [1.82, 2.24) is 4.90 Å². The van der Waals surface area contributed by atoms with Crippen molar-refractivity contribution >= 4 is 27.5 Å². The summed E-state index contributed by atoms with van der Waals surface area (Å²) < 4.78 is 1.01. The molecule has 0 amide bonds. The molecule has 100 valence electrons. The monoisotopic (exact) mass is 330 g/mol. The van der Waals surface area contributed by atoms with Gasteiger partial charge in [-0.05, 0) is 49.5 Å². The van der Waals surface area contributed by atoms with Crippen LogP contribution in [0.25, 0.3) is 0 Å². The van der Waals surface area contributed by atoms with Gasteiger partial charge in [-0.25, -0.2) is 0 Å². The van der Waals surface area contributed by atoms with Crippen LogP contribution in [0.1, 0.15) is 31.4 Å². The number of likely N-dealkylation sites (tertiary alicyclic amines) is 1. The Balaban J connectivity index is 2.17. The van der Waals surface area contributed by atoms with Crippen LogP contribution in [0, 0.1) is 5.92 Å². The van der Waals surface area contributed by atoms with E-state index in [4.69, 9.17) is 17.3 Å². The van der Waals surface area contributed by atoms with Crippen molar-refractivity contribution in [1.29, 1.82) is 0 Å². The Morgan fingerprint density at radius 2 is 2.11 bits per heavy atom. The second kappa shape index (κ2) is 6.38. The van der Waals surface area contributed by atoms with Crippen LogP contribution < -0.4 is 5.73 Å². The summed E-state index contributed by atoms with van der Waals surface area (Å²) in [6, 6.07) is 6.32. The summed E-state index contributed by atoms with van der Waals surface area (Å²) in [4.78, 5) is 2.47. The standard InChI is InChI=1S/C14H20BrClN2/c1-10-4-6-18(7-5-10)14(9-17)12-3-2-11(15)8-13(12)16/h2-3,8,10,14H,4-7,9,17H2,1H3. The summed E-state index contributed by atoms with van der Waals surface area (Å²) in [6.07, 6.45) is 2.51. The average molecular weight is 332 g/mol. The average Bonchev–Trinajstić information content (AvgIpc) is 2.35. The van der Waals surface area contributed by atoms with Crippen LogP contribution in [0.3, 0.4) is 0 Å². The summed E-state index contributed by atoms with van der Waals surface area (Å²) in [7, 11) is 0. The van der Waals surface area contributed by atoms with Gasteiger partial charge in [0, 0.05) is 22.1 Å². The highest BCUT2D eigenvalue weighted by atomic mass is 79.9. The van der Waals surface area contributed by atoms with Crippen molar-refractivity contribution in [3.63, 3.8) is 0 Å². The van der Waals surface area contributed by atoms with Crippen molar-refractivity contribution in [2.24, 2.45) is 11.7 Å². The molecule has 0 aromatic heterocycles. The first-order valence-corrected chi connectivity index (χ1v) is 7.68. The third-order valence-electron chi connectivity index (χ3n) is 3.80. The molecule has 1 aliphatic heterocycles. The van der Waals surface area contributed by atoms with E-state index in [9.17, 15) is 0 Å². The van der Waals surface area contributed by atoms with Crippen LogP contribution in [-0.2, 0) is 0 Å². The Morgan fingerprint density at radius 1 is 1.44 bits per heavy atom. The molecule has 0 saturated carbocycles. The molecule has 0 spiro atoms. The number of hydrogen-bond donors (Lipinski definition) is 1. The fraction of sp³-hybridized carbons (Fsp3) is 0.571. The number of nitrogens with two attached hydrogens (primary N) is 1. The second-order valence-corrected chi connectivity index (χ2v) is 6.46. The summed E-state index contributed by atoms with van der Waals surface area (Å²) >= 11 is 9.78. The molecule has 1 fully saturated rings. The molecular weight excluding hydrogens is 312 g/mol. The van der Waals surface area contributed by atoms with Gasteiger partial charge in [0.1, 0.15) is 0 Å². The van der Waals surface area contributed by atoms with E-state index in [0.29, 0.717) is 6.54 Å². The van der Waals surface area contributed by atoms with Gasteiger partial charge < -0.3 is 5.73 Å². The molecule has 0 bridgehead atoms. The SMILES string of the molecule is CC1CCN(C(CN)c2ccc(Br)cc2Cl)CC1. The zero-order valence-electron chi connectivity index (χ0n) is 10.7. The normalized spacial score (nSPS) is 20.0. The Labute approximate surface area is 123 Å². The Kier molecular flexibility index (Phi) is 5.07. The summed E-state index contributed by atoms with van der Waals surface area (Å²) in [5.74, 6) is 0.833. The highest BCUT2D eigenvalue weighted by Crippen LogP contribution is 2.31. The molecule has 2 nitrogen and oxygen atoms in total. The van der Waals surface area contributed by atoms with Gasteiger partial charge in [-0.15, -0.1) is 0 Å². The number of benzene rings is 1. The first-order chi connectivity index (χ1) is 8.61. The molecule has 1 aromatic carbocycles. The lowest BCUT2D eigenvalue weighted by atomic mass is 9.96. The quantitative estimate of drug-likeness (QED) is 0.912. The number of hydrogen-bond acceptors (Lipinski definition) is 2. The summed E-state index contributed by atoms with van der Waals surface area (Å²) in [6.45, 7) is 5.18. The van der Waals surface area contributed by atoms with Crippen LogP contribution in [0.2, 0.25) is 5.02 Å². The minimum Gasteiger partial charge on any atom is -0.329 e. The van der Waals surface area contributed by atoms with Gasteiger partial charge >= 0.3 is 0 Å². The van der Waals surface area contributed by atoms with Crippen LogP contribution in [0.15, 0.2) is 22.7 Å². The number of nitrogens with zero attached hydrogens (tertiary/aromatic N) is 1. The number of piperidine rings is 1. The molecule has 1 aromatic rings. The molecule has 1 unspecified atom stereocenters. The maximum Gasteiger partial charge on any atom is 0.0485 e. The highest BCUT2D eigenvalue weighted by molar-refractivity contribution is 9.10. The molecule has 1 saturated heterocycles. The molecular formula is C14H20BrClN2. The minimum absolute atomic E-state index is 0.248. The van der Waals surface area contributed by atoms with Gasteiger partial charge in [0.2, 0.25) is 0 Å². The molecule has 1 aliphatic rings. The predicted octanol–water partition coefficient (Wildman–Crippen LogP) is 3.83. The van der Waals surface area contributed by atoms with E-state index in [0.717, 1.165) is 34.1 Å². The fourth-order valence-electron chi connectivity index (χ4n) is 2.58. The zero-order chi connectivity index (χ0) is 13.1. The maximum atomic E-state index is 6.34. The van der Waals surface area contributed by atoms with E-state index in [1.54, 1.807) is 0 Å². The second-order valence-electron chi connectivity index (χ2n) is 5.14. The molecule has 0 aliphatic carbocycles. The number of rotatable bonds is 3. The molecule has 18 heavy (non-hydrogen) atoms. The van der Waals surface area contributed by atoms with Crippen molar-refractivity contribution in [2.45, 2.75) is 25.8 Å². The largest absolute Gasteiger partial charge is 0.329 e. The molecule has 2 rings (SSSR count). The topological polar surface area (TPSA) is 29.3 Å². The Hall–Kier alpha value is -0.0900. The van der Waals surface area contributed by atoms with Crippen LogP contribution in [0.4, 0.5) is 0 Å². The first-order valence-electron chi connectivity index (χ1n) is 6.51. The van der Waals surface area contributed by atoms with Gasteiger partial charge in [0.25, 0.3) is 0 Å². The van der Waals surface area contributed by atoms with Gasteiger partial charge in [0.15, 0.2) is 0 Å². The van der Waals surface area contributed by atoms with Crippen LogP contribution in [0.5, 0.6) is 0 Å². The van der Waals surface area contributed by atoms with E-state index in [-0.39, 0.29) is 6.04 Å².